The third-order valence-corrected chi connectivity index (χ3v) is 5.51. The Morgan fingerprint density at radius 1 is 1.29 bits per heavy atom. The number of aliphatic carboxylic acids is 1. The molecule has 0 saturated heterocycles. The second-order valence-corrected chi connectivity index (χ2v) is 7.81. The number of carbonyl (C=O) groups excluding carboxylic acids is 1. The molecule has 0 aliphatic rings. The van der Waals surface area contributed by atoms with Gasteiger partial charge in [-0.2, -0.15) is 10.2 Å². The number of aromatic nitrogens is 3. The zero-order chi connectivity index (χ0) is 23.4. The largest absolute Gasteiger partial charge is 1.00 e. The van der Waals surface area contributed by atoms with Crippen molar-refractivity contribution in [2.45, 2.75) is 45.8 Å². The van der Waals surface area contributed by atoms with Gasteiger partial charge in [0.25, 0.3) is 5.89 Å². The van der Waals surface area contributed by atoms with Crippen LogP contribution in [0.5, 0.6) is 5.75 Å². The fourth-order valence-corrected chi connectivity index (χ4v) is 3.61. The molecule has 0 amide bonds. The van der Waals surface area contributed by atoms with Crippen molar-refractivity contribution in [2.24, 2.45) is 0 Å². The van der Waals surface area contributed by atoms with Gasteiger partial charge >= 0.3 is 29.6 Å². The third-order valence-electron chi connectivity index (χ3n) is 5.51. The van der Waals surface area contributed by atoms with Crippen LogP contribution in [0.3, 0.4) is 0 Å². The second-order valence-electron chi connectivity index (χ2n) is 7.81. The molecule has 0 aliphatic carbocycles. The number of aryl methyl sites for hydroxylation is 1. The first-order valence-corrected chi connectivity index (χ1v) is 10.8. The van der Waals surface area contributed by atoms with E-state index in [-0.39, 0.29) is 42.1 Å². The minimum Gasteiger partial charge on any atom is -0.550 e. The summed E-state index contributed by atoms with van der Waals surface area (Å²) in [6, 6.07) is 15.1. The maximum atomic E-state index is 10.7. The maximum Gasteiger partial charge on any atom is 1.00 e. The Hall–Kier alpha value is -3.12. The van der Waals surface area contributed by atoms with E-state index < -0.39 is 5.97 Å². The normalized spacial score (nSPS) is 11.6. The number of benzene rings is 2. The predicted octanol–water partition coefficient (Wildman–Crippen LogP) is 0.941. The van der Waals surface area contributed by atoms with Crippen molar-refractivity contribution in [3.05, 3.63) is 54.2 Å². The molecule has 168 valence electrons. The van der Waals surface area contributed by atoms with Gasteiger partial charge in [0.1, 0.15) is 11.8 Å². The summed E-state index contributed by atoms with van der Waals surface area (Å²) >= 11 is 0. The van der Waals surface area contributed by atoms with Crippen LogP contribution in [-0.4, -0.2) is 26.8 Å². The van der Waals surface area contributed by atoms with E-state index >= 15 is 0 Å². The number of carbonyl (C=O) groups is 1. The SMILES string of the molecule is CC[C@@H](C)Oc1ccc(-c2nc(-c3cccc4c3ccn4CCCC(=O)[O-])no2)cc1C#N.[Na+]. The maximum absolute atomic E-state index is 10.7. The number of carboxylic acids is 1. The van der Waals surface area contributed by atoms with E-state index in [0.717, 1.165) is 22.9 Å². The molecule has 0 N–H and O–H groups in total. The Morgan fingerprint density at radius 3 is 2.85 bits per heavy atom. The minimum absolute atomic E-state index is 0. The summed E-state index contributed by atoms with van der Waals surface area (Å²) in [7, 11) is 0. The first-order chi connectivity index (χ1) is 16.0. The molecule has 1 atom stereocenters. The third kappa shape index (κ3) is 5.50. The Kier molecular flexibility index (Phi) is 8.51. The molecule has 4 rings (SSSR count). The van der Waals surface area contributed by atoms with Gasteiger partial charge in [-0.25, -0.2) is 0 Å². The predicted molar refractivity (Wildman–Crippen MR) is 120 cm³/mol. The molecule has 0 unspecified atom stereocenters. The van der Waals surface area contributed by atoms with Gasteiger partial charge in [-0.15, -0.1) is 0 Å². The average Bonchev–Trinajstić information content (AvgIpc) is 3.47. The summed E-state index contributed by atoms with van der Waals surface area (Å²) in [5.41, 5.74) is 2.80. The van der Waals surface area contributed by atoms with E-state index in [0.29, 0.717) is 41.6 Å². The molecular formula is C25H23N4NaO4. The van der Waals surface area contributed by atoms with Crippen molar-refractivity contribution >= 4 is 16.9 Å². The van der Waals surface area contributed by atoms with Crippen molar-refractivity contribution in [1.29, 1.82) is 5.26 Å². The zero-order valence-corrected chi connectivity index (χ0v) is 21.4. The monoisotopic (exact) mass is 466 g/mol. The summed E-state index contributed by atoms with van der Waals surface area (Å²) in [6.45, 7) is 4.55. The van der Waals surface area contributed by atoms with Gasteiger partial charge in [0.2, 0.25) is 5.82 Å². The van der Waals surface area contributed by atoms with Gasteiger partial charge in [0.05, 0.1) is 11.7 Å². The number of fused-ring (bicyclic) bond motifs is 1. The second kappa shape index (κ2) is 11.3. The molecule has 0 radical (unpaired) electrons. The minimum atomic E-state index is -1.05. The molecule has 34 heavy (non-hydrogen) atoms. The van der Waals surface area contributed by atoms with Crippen LogP contribution in [-0.2, 0) is 11.3 Å². The molecule has 2 heterocycles. The van der Waals surface area contributed by atoms with E-state index in [4.69, 9.17) is 9.26 Å². The van der Waals surface area contributed by atoms with Crippen molar-refractivity contribution in [3.8, 4) is 34.7 Å². The first-order valence-electron chi connectivity index (χ1n) is 10.8. The van der Waals surface area contributed by atoms with E-state index in [9.17, 15) is 15.2 Å². The molecule has 4 aromatic rings. The number of hydrogen-bond acceptors (Lipinski definition) is 7. The topological polar surface area (TPSA) is 117 Å². The summed E-state index contributed by atoms with van der Waals surface area (Å²) in [4.78, 5) is 15.3. The van der Waals surface area contributed by atoms with Gasteiger partial charge in [0, 0.05) is 40.7 Å². The molecule has 0 spiro atoms. The summed E-state index contributed by atoms with van der Waals surface area (Å²) in [6.07, 6.45) is 3.26. The number of nitrogens with zero attached hydrogens (tertiary/aromatic N) is 4. The number of hydrogen-bond donors (Lipinski definition) is 0. The quantitative estimate of drug-likeness (QED) is 0.337. The Bertz CT molecular complexity index is 1340. The Balaban J connectivity index is 0.00000324. The number of ether oxygens (including phenoxy) is 1. The summed E-state index contributed by atoms with van der Waals surface area (Å²) in [5.74, 6) is 0.217. The molecular weight excluding hydrogens is 443 g/mol. The molecule has 8 nitrogen and oxygen atoms in total. The molecule has 0 bridgehead atoms. The van der Waals surface area contributed by atoms with E-state index in [1.54, 1.807) is 18.2 Å². The summed E-state index contributed by atoms with van der Waals surface area (Å²) in [5, 5.41) is 25.3. The number of rotatable bonds is 9. The Morgan fingerprint density at radius 2 is 2.12 bits per heavy atom. The average molecular weight is 466 g/mol. The van der Waals surface area contributed by atoms with Crippen LogP contribution < -0.4 is 39.4 Å². The first kappa shape index (κ1) is 25.5. The molecule has 0 saturated carbocycles. The van der Waals surface area contributed by atoms with Crippen LogP contribution in [0.2, 0.25) is 0 Å². The molecule has 2 aromatic carbocycles. The van der Waals surface area contributed by atoms with Crippen LogP contribution in [0, 0.1) is 11.3 Å². The van der Waals surface area contributed by atoms with Crippen molar-refractivity contribution in [2.75, 3.05) is 0 Å². The molecule has 2 aromatic heterocycles. The van der Waals surface area contributed by atoms with Crippen molar-refractivity contribution < 1.29 is 48.7 Å². The van der Waals surface area contributed by atoms with E-state index in [1.165, 1.54) is 0 Å². The molecule has 0 fully saturated rings. The fourth-order valence-electron chi connectivity index (χ4n) is 3.61. The van der Waals surface area contributed by atoms with Crippen LogP contribution >= 0.6 is 0 Å². The molecule has 0 aliphatic heterocycles. The zero-order valence-electron chi connectivity index (χ0n) is 19.4. The van der Waals surface area contributed by atoms with E-state index in [1.807, 2.05) is 48.9 Å². The Labute approximate surface area is 219 Å². The van der Waals surface area contributed by atoms with Gasteiger partial charge in [0.15, 0.2) is 0 Å². The smallest absolute Gasteiger partial charge is 0.550 e. The van der Waals surface area contributed by atoms with Gasteiger partial charge in [-0.05, 0) is 56.5 Å². The van der Waals surface area contributed by atoms with Crippen LogP contribution in [0.15, 0.2) is 53.2 Å². The standard InChI is InChI=1S/C25H24N4O4.Na/c1-3-16(2)32-22-10-9-17(14-18(22)15-26)25-27-24(28-33-25)20-6-4-7-21-19(20)11-13-29(21)12-5-8-23(30)31;/h4,6-7,9-11,13-14,16H,3,5,8,12H2,1-2H3,(H,30,31);/q;+1/p-1/t16-;/m1./s1. The van der Waals surface area contributed by atoms with Gasteiger partial charge < -0.3 is 23.7 Å². The van der Waals surface area contributed by atoms with Crippen LogP contribution in [0.4, 0.5) is 0 Å². The van der Waals surface area contributed by atoms with Crippen LogP contribution in [0.25, 0.3) is 33.7 Å². The number of carboxylic acid groups (broad SMARTS) is 1. The molecule has 9 heteroatoms. The van der Waals surface area contributed by atoms with E-state index in [2.05, 4.69) is 16.2 Å². The van der Waals surface area contributed by atoms with Crippen molar-refractivity contribution in [1.82, 2.24) is 14.7 Å². The van der Waals surface area contributed by atoms with Gasteiger partial charge in [-0.3, -0.25) is 0 Å². The fraction of sp³-hybridized carbons (Fsp3) is 0.280. The number of nitriles is 1. The van der Waals surface area contributed by atoms with Gasteiger partial charge in [-0.1, -0.05) is 24.2 Å². The van der Waals surface area contributed by atoms with Crippen molar-refractivity contribution in [3.63, 3.8) is 0 Å². The van der Waals surface area contributed by atoms with Crippen LogP contribution in [0.1, 0.15) is 38.7 Å². The summed E-state index contributed by atoms with van der Waals surface area (Å²) < 4.78 is 13.3.